The Balaban J connectivity index is 1.52. The fraction of sp³-hybridized carbons (Fsp3) is 0.364. The zero-order valence-corrected chi connectivity index (χ0v) is 16.0. The summed E-state index contributed by atoms with van der Waals surface area (Å²) >= 11 is 0. The quantitative estimate of drug-likeness (QED) is 0.886. The van der Waals surface area contributed by atoms with Crippen LogP contribution >= 0.6 is 0 Å². The van der Waals surface area contributed by atoms with Crippen LogP contribution in [0, 0.1) is 0 Å². The highest BCUT2D eigenvalue weighted by molar-refractivity contribution is 5.88. The SMILES string of the molecule is CC(C)(C(=O)N1CCN(C(=O)CNc2ccccc2)CC1)c1ccccc1. The minimum absolute atomic E-state index is 0.0632. The average Bonchev–Trinajstić information content (AvgIpc) is 2.73. The van der Waals surface area contributed by atoms with Crippen LogP contribution in [-0.2, 0) is 15.0 Å². The molecule has 1 heterocycles. The highest BCUT2D eigenvalue weighted by Gasteiger charge is 2.35. The van der Waals surface area contributed by atoms with Crippen LogP contribution < -0.4 is 5.32 Å². The number of carbonyl (C=O) groups is 2. The van der Waals surface area contributed by atoms with Gasteiger partial charge in [-0.05, 0) is 31.5 Å². The molecule has 0 spiro atoms. The molecule has 2 amide bonds. The van der Waals surface area contributed by atoms with Crippen molar-refractivity contribution in [3.63, 3.8) is 0 Å². The number of nitrogens with one attached hydrogen (secondary N) is 1. The topological polar surface area (TPSA) is 52.7 Å². The monoisotopic (exact) mass is 365 g/mol. The lowest BCUT2D eigenvalue weighted by atomic mass is 9.83. The highest BCUT2D eigenvalue weighted by Crippen LogP contribution is 2.26. The van der Waals surface area contributed by atoms with Crippen molar-refractivity contribution in [2.75, 3.05) is 38.0 Å². The second-order valence-electron chi connectivity index (χ2n) is 7.38. The van der Waals surface area contributed by atoms with Gasteiger partial charge in [-0.3, -0.25) is 9.59 Å². The number of amides is 2. The van der Waals surface area contributed by atoms with Crippen LogP contribution in [0.4, 0.5) is 5.69 Å². The minimum atomic E-state index is -0.567. The maximum absolute atomic E-state index is 13.0. The summed E-state index contributed by atoms with van der Waals surface area (Å²) in [5.41, 5.74) is 1.38. The second kappa shape index (κ2) is 8.25. The molecule has 1 aliphatic rings. The van der Waals surface area contributed by atoms with Gasteiger partial charge in [-0.1, -0.05) is 48.5 Å². The van der Waals surface area contributed by atoms with E-state index < -0.39 is 5.41 Å². The number of rotatable bonds is 5. The zero-order valence-electron chi connectivity index (χ0n) is 16.0. The predicted molar refractivity (Wildman–Crippen MR) is 108 cm³/mol. The molecule has 1 aliphatic heterocycles. The lowest BCUT2D eigenvalue weighted by molar-refractivity contribution is -0.142. The Bertz CT molecular complexity index is 767. The van der Waals surface area contributed by atoms with Crippen molar-refractivity contribution >= 4 is 17.5 Å². The van der Waals surface area contributed by atoms with E-state index in [0.717, 1.165) is 11.3 Å². The first kappa shape index (κ1) is 19.0. The molecule has 0 aliphatic carbocycles. The zero-order chi connectivity index (χ0) is 19.3. The van der Waals surface area contributed by atoms with Gasteiger partial charge in [0.2, 0.25) is 11.8 Å². The average molecular weight is 365 g/mol. The molecule has 142 valence electrons. The van der Waals surface area contributed by atoms with Gasteiger partial charge in [-0.2, -0.15) is 0 Å². The second-order valence-corrected chi connectivity index (χ2v) is 7.38. The number of benzene rings is 2. The maximum atomic E-state index is 13.0. The molecule has 5 heteroatoms. The first-order valence-corrected chi connectivity index (χ1v) is 9.40. The van der Waals surface area contributed by atoms with Crippen molar-refractivity contribution < 1.29 is 9.59 Å². The first-order valence-electron chi connectivity index (χ1n) is 9.40. The molecule has 0 saturated carbocycles. The summed E-state index contributed by atoms with van der Waals surface area (Å²) in [5, 5.41) is 3.15. The van der Waals surface area contributed by atoms with Crippen molar-refractivity contribution in [2.24, 2.45) is 0 Å². The van der Waals surface area contributed by atoms with Gasteiger partial charge in [-0.25, -0.2) is 0 Å². The highest BCUT2D eigenvalue weighted by atomic mass is 16.2. The molecular weight excluding hydrogens is 338 g/mol. The lowest BCUT2D eigenvalue weighted by Gasteiger charge is -2.38. The summed E-state index contributed by atoms with van der Waals surface area (Å²) in [7, 11) is 0. The fourth-order valence-corrected chi connectivity index (χ4v) is 3.38. The molecule has 0 radical (unpaired) electrons. The van der Waals surface area contributed by atoms with Crippen LogP contribution in [0.15, 0.2) is 60.7 Å². The third-order valence-electron chi connectivity index (χ3n) is 5.17. The van der Waals surface area contributed by atoms with E-state index in [1.807, 2.05) is 84.3 Å². The largest absolute Gasteiger partial charge is 0.376 e. The van der Waals surface area contributed by atoms with Gasteiger partial charge in [0, 0.05) is 31.9 Å². The molecule has 1 saturated heterocycles. The van der Waals surface area contributed by atoms with E-state index in [2.05, 4.69) is 5.32 Å². The van der Waals surface area contributed by atoms with Gasteiger partial charge in [0.05, 0.1) is 12.0 Å². The molecule has 2 aromatic rings. The molecule has 1 N–H and O–H groups in total. The third kappa shape index (κ3) is 4.48. The van der Waals surface area contributed by atoms with Gasteiger partial charge in [0.1, 0.15) is 0 Å². The number of para-hydroxylation sites is 1. The number of anilines is 1. The van der Waals surface area contributed by atoms with Crippen LogP contribution in [0.5, 0.6) is 0 Å². The Morgan fingerprint density at radius 2 is 1.37 bits per heavy atom. The molecule has 5 nitrogen and oxygen atoms in total. The van der Waals surface area contributed by atoms with Crippen molar-refractivity contribution in [3.8, 4) is 0 Å². The number of piperazine rings is 1. The Labute approximate surface area is 161 Å². The van der Waals surface area contributed by atoms with Crippen LogP contribution in [0.2, 0.25) is 0 Å². The number of hydrogen-bond donors (Lipinski definition) is 1. The molecule has 0 aromatic heterocycles. The van der Waals surface area contributed by atoms with Gasteiger partial charge in [-0.15, -0.1) is 0 Å². The van der Waals surface area contributed by atoms with Crippen LogP contribution in [0.25, 0.3) is 0 Å². The Morgan fingerprint density at radius 1 is 0.852 bits per heavy atom. The maximum Gasteiger partial charge on any atom is 0.241 e. The number of nitrogens with zero attached hydrogens (tertiary/aromatic N) is 2. The summed E-state index contributed by atoms with van der Waals surface area (Å²) in [5.74, 6) is 0.177. The van der Waals surface area contributed by atoms with Crippen molar-refractivity contribution in [3.05, 3.63) is 66.2 Å². The summed E-state index contributed by atoms with van der Waals surface area (Å²) < 4.78 is 0. The van der Waals surface area contributed by atoms with Crippen molar-refractivity contribution in [1.82, 2.24) is 9.80 Å². The van der Waals surface area contributed by atoms with Gasteiger partial charge < -0.3 is 15.1 Å². The van der Waals surface area contributed by atoms with Crippen molar-refractivity contribution in [1.29, 1.82) is 0 Å². The Morgan fingerprint density at radius 3 is 1.96 bits per heavy atom. The van der Waals surface area contributed by atoms with E-state index in [1.165, 1.54) is 0 Å². The summed E-state index contributed by atoms with van der Waals surface area (Å²) in [6.07, 6.45) is 0. The minimum Gasteiger partial charge on any atom is -0.376 e. The van der Waals surface area contributed by atoms with E-state index in [1.54, 1.807) is 0 Å². The van der Waals surface area contributed by atoms with E-state index in [0.29, 0.717) is 26.2 Å². The molecule has 1 fully saturated rings. The van der Waals surface area contributed by atoms with E-state index >= 15 is 0 Å². The summed E-state index contributed by atoms with van der Waals surface area (Å²) in [4.78, 5) is 29.1. The summed E-state index contributed by atoms with van der Waals surface area (Å²) in [6, 6.07) is 19.6. The van der Waals surface area contributed by atoms with E-state index in [-0.39, 0.29) is 18.4 Å². The molecule has 0 atom stereocenters. The van der Waals surface area contributed by atoms with Crippen LogP contribution in [0.1, 0.15) is 19.4 Å². The predicted octanol–water partition coefficient (Wildman–Crippen LogP) is 2.75. The fourth-order valence-electron chi connectivity index (χ4n) is 3.38. The van der Waals surface area contributed by atoms with Crippen LogP contribution in [0.3, 0.4) is 0 Å². The molecule has 2 aromatic carbocycles. The summed E-state index contributed by atoms with van der Waals surface area (Å²) in [6.45, 7) is 6.50. The van der Waals surface area contributed by atoms with Gasteiger partial charge in [0.25, 0.3) is 0 Å². The standard InChI is InChI=1S/C22H27N3O2/c1-22(2,18-9-5-3-6-10-18)21(27)25-15-13-24(14-16-25)20(26)17-23-19-11-7-4-8-12-19/h3-12,23H,13-17H2,1-2H3. The number of carbonyl (C=O) groups excluding carboxylic acids is 2. The normalized spacial score (nSPS) is 14.7. The molecule has 0 bridgehead atoms. The lowest BCUT2D eigenvalue weighted by Crippen LogP contribution is -2.55. The molecule has 27 heavy (non-hydrogen) atoms. The Kier molecular flexibility index (Phi) is 5.79. The smallest absolute Gasteiger partial charge is 0.241 e. The first-order chi connectivity index (χ1) is 13.0. The van der Waals surface area contributed by atoms with Crippen LogP contribution in [-0.4, -0.2) is 54.3 Å². The molecule has 0 unspecified atom stereocenters. The third-order valence-corrected chi connectivity index (χ3v) is 5.17. The number of hydrogen-bond acceptors (Lipinski definition) is 3. The molecular formula is C22H27N3O2. The Hall–Kier alpha value is -2.82. The molecule has 3 rings (SSSR count). The van der Waals surface area contributed by atoms with Gasteiger partial charge >= 0.3 is 0 Å². The van der Waals surface area contributed by atoms with Crippen molar-refractivity contribution in [2.45, 2.75) is 19.3 Å². The van der Waals surface area contributed by atoms with E-state index in [4.69, 9.17) is 0 Å². The van der Waals surface area contributed by atoms with E-state index in [9.17, 15) is 9.59 Å². The van der Waals surface area contributed by atoms with Gasteiger partial charge in [0.15, 0.2) is 0 Å².